The van der Waals surface area contributed by atoms with Crippen molar-refractivity contribution in [3.8, 4) is 0 Å². The van der Waals surface area contributed by atoms with Crippen LogP contribution in [0.1, 0.15) is 45.8 Å². The number of aromatic nitrogens is 4. The van der Waals surface area contributed by atoms with Gasteiger partial charge in [0.15, 0.2) is 0 Å². The van der Waals surface area contributed by atoms with Crippen molar-refractivity contribution in [2.24, 2.45) is 4.99 Å². The fraction of sp³-hybridized carbons (Fsp3) is 0.273. The summed E-state index contributed by atoms with van der Waals surface area (Å²) in [5.41, 5.74) is -0.0738. The maximum absolute atomic E-state index is 13.0. The lowest BCUT2D eigenvalue weighted by Crippen LogP contribution is -2.27. The minimum atomic E-state index is -4.70. The maximum Gasteiger partial charge on any atom is 0.418 e. The van der Waals surface area contributed by atoms with Crippen LogP contribution < -0.4 is 10.6 Å². The van der Waals surface area contributed by atoms with Crippen LogP contribution >= 0.6 is 22.9 Å². The molecular formula is C22H21ClF3N7O2S. The molecule has 0 aromatic carbocycles. The highest BCUT2D eigenvalue weighted by atomic mass is 35.5. The second-order valence-corrected chi connectivity index (χ2v) is 8.92. The maximum atomic E-state index is 13.0. The minimum Gasteiger partial charge on any atom is -0.342 e. The Labute approximate surface area is 213 Å². The lowest BCUT2D eigenvalue weighted by Gasteiger charge is -2.12. The Kier molecular flexibility index (Phi) is 8.58. The van der Waals surface area contributed by atoms with E-state index in [-0.39, 0.29) is 16.4 Å². The van der Waals surface area contributed by atoms with Crippen LogP contribution in [0.4, 0.5) is 19.0 Å². The van der Waals surface area contributed by atoms with Gasteiger partial charge >= 0.3 is 6.18 Å². The molecule has 0 spiro atoms. The highest BCUT2D eigenvalue weighted by molar-refractivity contribution is 7.13. The molecule has 3 heterocycles. The SMILES string of the molecule is C/C=N\C(=C/Cn1cnc(C)c1)C(=O)N[C@H](C)c1ncc(C(=O)Nc2cc(C(F)(F)F)c(Cl)cn2)s1. The Bertz CT molecular complexity index is 1320. The van der Waals surface area contributed by atoms with Gasteiger partial charge in [-0.05, 0) is 32.9 Å². The van der Waals surface area contributed by atoms with Gasteiger partial charge in [-0.25, -0.2) is 15.0 Å². The molecule has 0 fully saturated rings. The van der Waals surface area contributed by atoms with Crippen LogP contribution in [0.5, 0.6) is 0 Å². The molecule has 14 heteroatoms. The van der Waals surface area contributed by atoms with Gasteiger partial charge in [0.1, 0.15) is 21.4 Å². The number of rotatable bonds is 8. The van der Waals surface area contributed by atoms with E-state index >= 15 is 0 Å². The van der Waals surface area contributed by atoms with E-state index in [1.165, 1.54) is 12.4 Å². The fourth-order valence-corrected chi connectivity index (χ4v) is 3.96. The number of nitrogens with one attached hydrogen (secondary N) is 2. The zero-order valence-electron chi connectivity index (χ0n) is 19.3. The van der Waals surface area contributed by atoms with Gasteiger partial charge in [-0.1, -0.05) is 11.6 Å². The van der Waals surface area contributed by atoms with Crippen molar-refractivity contribution in [2.45, 2.75) is 39.5 Å². The summed E-state index contributed by atoms with van der Waals surface area (Å²) in [5, 5.41) is 4.91. The minimum absolute atomic E-state index is 0.120. The van der Waals surface area contributed by atoms with Crippen LogP contribution in [-0.4, -0.2) is 37.5 Å². The Morgan fingerprint density at radius 2 is 2.03 bits per heavy atom. The van der Waals surface area contributed by atoms with Gasteiger partial charge in [-0.15, -0.1) is 11.3 Å². The average molecular weight is 540 g/mol. The third kappa shape index (κ3) is 6.98. The van der Waals surface area contributed by atoms with Crippen LogP contribution in [0.15, 0.2) is 47.7 Å². The van der Waals surface area contributed by atoms with E-state index in [0.29, 0.717) is 17.6 Å². The van der Waals surface area contributed by atoms with Crippen LogP contribution in [0.2, 0.25) is 5.02 Å². The summed E-state index contributed by atoms with van der Waals surface area (Å²) in [6.07, 6.45) is 4.00. The number of aliphatic imine (C=N–C) groups is 1. The van der Waals surface area contributed by atoms with E-state index in [1.807, 2.05) is 13.1 Å². The van der Waals surface area contributed by atoms with E-state index < -0.39 is 34.6 Å². The van der Waals surface area contributed by atoms with E-state index in [0.717, 1.165) is 23.2 Å². The molecular weight excluding hydrogens is 519 g/mol. The van der Waals surface area contributed by atoms with E-state index in [2.05, 4.69) is 30.6 Å². The summed E-state index contributed by atoms with van der Waals surface area (Å²) in [6.45, 7) is 5.62. The number of halogens is 4. The molecule has 3 aromatic heterocycles. The van der Waals surface area contributed by atoms with Crippen LogP contribution in [-0.2, 0) is 17.5 Å². The molecule has 1 atom stereocenters. The molecule has 0 aliphatic carbocycles. The van der Waals surface area contributed by atoms with E-state index in [9.17, 15) is 22.8 Å². The average Bonchev–Trinajstić information content (AvgIpc) is 3.46. The molecule has 2 amide bonds. The number of allylic oxidation sites excluding steroid dienone is 1. The van der Waals surface area contributed by atoms with E-state index in [1.54, 1.807) is 30.8 Å². The molecule has 2 N–H and O–H groups in total. The number of amides is 2. The topological polar surface area (TPSA) is 114 Å². The first-order chi connectivity index (χ1) is 17.0. The summed E-state index contributed by atoms with van der Waals surface area (Å²) in [6, 6.07) is 0.0820. The highest BCUT2D eigenvalue weighted by Gasteiger charge is 2.34. The number of anilines is 1. The lowest BCUT2D eigenvalue weighted by atomic mass is 10.2. The molecule has 190 valence electrons. The third-order valence-corrected chi connectivity index (χ3v) is 6.11. The molecule has 0 aliphatic heterocycles. The summed E-state index contributed by atoms with van der Waals surface area (Å²) < 4.78 is 40.9. The number of imidazole rings is 1. The van der Waals surface area contributed by atoms with Crippen molar-refractivity contribution >= 4 is 46.8 Å². The summed E-state index contributed by atoms with van der Waals surface area (Å²) in [4.78, 5) is 41.5. The first-order valence-corrected chi connectivity index (χ1v) is 11.6. The van der Waals surface area contributed by atoms with Crippen molar-refractivity contribution in [1.29, 1.82) is 0 Å². The lowest BCUT2D eigenvalue weighted by molar-refractivity contribution is -0.137. The van der Waals surface area contributed by atoms with Gasteiger partial charge in [0.25, 0.3) is 11.8 Å². The van der Waals surface area contributed by atoms with Gasteiger partial charge < -0.3 is 15.2 Å². The Morgan fingerprint density at radius 1 is 1.28 bits per heavy atom. The monoisotopic (exact) mass is 539 g/mol. The number of carbonyl (C=O) groups excluding carboxylic acids is 2. The van der Waals surface area contributed by atoms with Crippen molar-refractivity contribution in [3.63, 3.8) is 0 Å². The van der Waals surface area contributed by atoms with Gasteiger partial charge in [0.2, 0.25) is 0 Å². The highest BCUT2D eigenvalue weighted by Crippen LogP contribution is 2.35. The number of carbonyl (C=O) groups is 2. The van der Waals surface area contributed by atoms with Crippen molar-refractivity contribution < 1.29 is 22.8 Å². The third-order valence-electron chi connectivity index (χ3n) is 4.63. The van der Waals surface area contributed by atoms with Crippen LogP contribution in [0.3, 0.4) is 0 Å². The molecule has 36 heavy (non-hydrogen) atoms. The number of pyridine rings is 1. The summed E-state index contributed by atoms with van der Waals surface area (Å²) in [7, 11) is 0. The number of hydrogen-bond donors (Lipinski definition) is 2. The van der Waals surface area contributed by atoms with Crippen LogP contribution in [0.25, 0.3) is 0 Å². The summed E-state index contributed by atoms with van der Waals surface area (Å²) >= 11 is 6.53. The van der Waals surface area contributed by atoms with Gasteiger partial charge in [-0.3, -0.25) is 14.6 Å². The van der Waals surface area contributed by atoms with Gasteiger partial charge in [0.05, 0.1) is 34.8 Å². The van der Waals surface area contributed by atoms with Crippen LogP contribution in [0, 0.1) is 6.92 Å². The predicted octanol–water partition coefficient (Wildman–Crippen LogP) is 4.82. The molecule has 0 aliphatic rings. The molecule has 0 bridgehead atoms. The van der Waals surface area contributed by atoms with E-state index in [4.69, 9.17) is 11.6 Å². The number of aryl methyl sites for hydroxylation is 1. The van der Waals surface area contributed by atoms with Crippen molar-refractivity contribution in [1.82, 2.24) is 24.8 Å². The molecule has 0 saturated heterocycles. The number of nitrogens with zero attached hydrogens (tertiary/aromatic N) is 5. The Morgan fingerprint density at radius 3 is 2.67 bits per heavy atom. The molecule has 3 rings (SSSR count). The Hall–Kier alpha value is -3.58. The molecule has 0 unspecified atom stereocenters. The number of hydrogen-bond acceptors (Lipinski definition) is 7. The van der Waals surface area contributed by atoms with Gasteiger partial charge in [-0.2, -0.15) is 13.2 Å². The molecule has 9 nitrogen and oxygen atoms in total. The van der Waals surface area contributed by atoms with Crippen molar-refractivity contribution in [3.05, 3.63) is 68.9 Å². The standard InChI is InChI=1S/C22H21ClF3N7O2S/c1-4-27-16(5-6-33-10-12(2)30-11-33)19(34)31-13(3)21-29-9-17(36-21)20(35)32-18-7-14(22(24,25)26)15(23)8-28-18/h4-5,7-11,13H,6H2,1-3H3,(H,31,34)(H,28,32,35)/b16-5-,27-4-/t13-/m1/s1. The first-order valence-electron chi connectivity index (χ1n) is 10.5. The second kappa shape index (κ2) is 11.4. The zero-order valence-corrected chi connectivity index (χ0v) is 20.9. The first kappa shape index (κ1) is 27.0. The Balaban J connectivity index is 1.66. The summed E-state index contributed by atoms with van der Waals surface area (Å²) in [5.74, 6) is -1.45. The molecule has 3 aromatic rings. The number of thiazole rings is 1. The molecule has 0 radical (unpaired) electrons. The normalized spacial score (nSPS) is 13.1. The van der Waals surface area contributed by atoms with Crippen molar-refractivity contribution in [2.75, 3.05) is 5.32 Å². The predicted molar refractivity (Wildman–Crippen MR) is 130 cm³/mol. The fourth-order valence-electron chi connectivity index (χ4n) is 2.93. The second-order valence-electron chi connectivity index (χ2n) is 7.45. The molecule has 0 saturated carbocycles. The number of alkyl halides is 3. The smallest absolute Gasteiger partial charge is 0.342 e. The largest absolute Gasteiger partial charge is 0.418 e. The quantitative estimate of drug-likeness (QED) is 0.315. The zero-order chi connectivity index (χ0) is 26.5. The van der Waals surface area contributed by atoms with Gasteiger partial charge in [0, 0.05) is 25.2 Å².